The van der Waals surface area contributed by atoms with Crippen LogP contribution < -0.4 is 0 Å². The molecule has 0 saturated carbocycles. The van der Waals surface area contributed by atoms with Gasteiger partial charge in [-0.25, -0.2) is 0 Å². The van der Waals surface area contributed by atoms with Gasteiger partial charge in [-0.3, -0.25) is 0 Å². The number of hydrogen-bond acceptors (Lipinski definition) is 2. The van der Waals surface area contributed by atoms with Gasteiger partial charge < -0.3 is 9.52 Å². The van der Waals surface area contributed by atoms with Gasteiger partial charge in [-0.1, -0.05) is 11.6 Å². The van der Waals surface area contributed by atoms with E-state index in [4.69, 9.17) is 16.0 Å². The fourth-order valence-electron chi connectivity index (χ4n) is 1.54. The lowest BCUT2D eigenvalue weighted by atomic mass is 10.1. The van der Waals surface area contributed by atoms with Crippen molar-refractivity contribution in [2.45, 2.75) is 20.0 Å². The van der Waals surface area contributed by atoms with Crippen LogP contribution in [0.15, 0.2) is 46.4 Å². The van der Waals surface area contributed by atoms with Crippen molar-refractivity contribution < 1.29 is 9.52 Å². The summed E-state index contributed by atoms with van der Waals surface area (Å²) >= 11 is 5.84. The number of halogens is 1. The molecule has 1 atom stereocenters. The molecule has 0 spiro atoms. The Morgan fingerprint density at radius 2 is 1.89 bits per heavy atom. The minimum absolute atomic E-state index is 0.464. The zero-order valence-corrected chi connectivity index (χ0v) is 11.1. The molecule has 1 unspecified atom stereocenters. The Bertz CT molecular complexity index is 550. The molecule has 94 valence electrons. The second-order valence-electron chi connectivity index (χ2n) is 4.27. The molecule has 0 aliphatic heterocycles. The van der Waals surface area contributed by atoms with E-state index in [0.29, 0.717) is 5.02 Å². The van der Waals surface area contributed by atoms with Gasteiger partial charge in [0.2, 0.25) is 0 Å². The van der Waals surface area contributed by atoms with Crippen molar-refractivity contribution in [3.05, 3.63) is 52.8 Å². The molecule has 18 heavy (non-hydrogen) atoms. The lowest BCUT2D eigenvalue weighted by molar-refractivity contribution is 0.232. The van der Waals surface area contributed by atoms with E-state index in [1.165, 1.54) is 0 Å². The van der Waals surface area contributed by atoms with Crippen molar-refractivity contribution in [2.75, 3.05) is 0 Å². The highest BCUT2D eigenvalue weighted by Gasteiger charge is 2.05. The summed E-state index contributed by atoms with van der Waals surface area (Å²) < 4.78 is 5.70. The third kappa shape index (κ3) is 3.03. The van der Waals surface area contributed by atoms with Gasteiger partial charge in [0.25, 0.3) is 0 Å². The molecule has 1 heterocycles. The van der Waals surface area contributed by atoms with Gasteiger partial charge in [0, 0.05) is 10.6 Å². The highest BCUT2D eigenvalue weighted by atomic mass is 35.5. The normalized spacial score (nSPS) is 13.7. The van der Waals surface area contributed by atoms with Gasteiger partial charge in [0.05, 0.1) is 6.10 Å². The van der Waals surface area contributed by atoms with Crippen LogP contribution in [0.3, 0.4) is 0 Å². The van der Waals surface area contributed by atoms with Crippen molar-refractivity contribution in [1.29, 1.82) is 0 Å². The lowest BCUT2D eigenvalue weighted by Gasteiger charge is -2.02. The molecular formula is C15H15ClO2. The average Bonchev–Trinajstić information content (AvgIpc) is 2.78. The van der Waals surface area contributed by atoms with E-state index >= 15 is 0 Å². The summed E-state index contributed by atoms with van der Waals surface area (Å²) in [5.74, 6) is 1.52. The van der Waals surface area contributed by atoms with Crippen molar-refractivity contribution in [3.8, 4) is 11.3 Å². The van der Waals surface area contributed by atoms with Crippen molar-refractivity contribution in [1.82, 2.24) is 0 Å². The first-order valence-corrected chi connectivity index (χ1v) is 6.16. The monoisotopic (exact) mass is 262 g/mol. The summed E-state index contributed by atoms with van der Waals surface area (Å²) in [4.78, 5) is 0. The Balaban J connectivity index is 2.25. The van der Waals surface area contributed by atoms with Crippen LogP contribution in [-0.2, 0) is 0 Å². The van der Waals surface area contributed by atoms with Crippen LogP contribution in [0.25, 0.3) is 17.4 Å². The second kappa shape index (κ2) is 5.42. The van der Waals surface area contributed by atoms with Gasteiger partial charge in [0.1, 0.15) is 11.5 Å². The van der Waals surface area contributed by atoms with Gasteiger partial charge in [-0.05, 0) is 61.9 Å². The molecule has 2 aromatic rings. The Kier molecular flexibility index (Phi) is 3.90. The SMILES string of the molecule is C/C(=C\c1ccc(-c2ccc(Cl)cc2)o1)C(C)O. The number of furan rings is 1. The maximum Gasteiger partial charge on any atom is 0.134 e. The lowest BCUT2D eigenvalue weighted by Crippen LogP contribution is -1.99. The van der Waals surface area contributed by atoms with Crippen LogP contribution in [0.1, 0.15) is 19.6 Å². The molecule has 0 fully saturated rings. The van der Waals surface area contributed by atoms with E-state index < -0.39 is 6.10 Å². The maximum atomic E-state index is 9.41. The molecule has 2 rings (SSSR count). The van der Waals surface area contributed by atoms with Crippen LogP contribution in [0.5, 0.6) is 0 Å². The van der Waals surface area contributed by atoms with Crippen molar-refractivity contribution >= 4 is 17.7 Å². The fraction of sp³-hybridized carbons (Fsp3) is 0.200. The molecule has 1 N–H and O–H groups in total. The predicted octanol–water partition coefficient (Wildman–Crippen LogP) is 4.38. The van der Waals surface area contributed by atoms with Crippen LogP contribution in [0, 0.1) is 0 Å². The molecule has 1 aromatic carbocycles. The quantitative estimate of drug-likeness (QED) is 0.890. The summed E-state index contributed by atoms with van der Waals surface area (Å²) in [5, 5.41) is 10.1. The second-order valence-corrected chi connectivity index (χ2v) is 4.71. The third-order valence-electron chi connectivity index (χ3n) is 2.78. The van der Waals surface area contributed by atoms with E-state index in [2.05, 4.69) is 0 Å². The summed E-state index contributed by atoms with van der Waals surface area (Å²) in [6, 6.07) is 11.3. The van der Waals surface area contributed by atoms with Crippen molar-refractivity contribution in [2.24, 2.45) is 0 Å². The number of aliphatic hydroxyl groups excluding tert-OH is 1. The molecule has 3 heteroatoms. The van der Waals surface area contributed by atoms with Gasteiger partial charge in [-0.15, -0.1) is 0 Å². The molecule has 0 aliphatic rings. The topological polar surface area (TPSA) is 33.4 Å². The van der Waals surface area contributed by atoms with E-state index in [1.54, 1.807) is 6.92 Å². The number of aliphatic hydroxyl groups is 1. The van der Waals surface area contributed by atoms with Gasteiger partial charge in [-0.2, -0.15) is 0 Å². The standard InChI is InChI=1S/C15H15ClO2/c1-10(11(2)17)9-14-7-8-15(18-14)12-3-5-13(16)6-4-12/h3-9,11,17H,1-2H3/b10-9+. The van der Waals surface area contributed by atoms with Gasteiger partial charge in [0.15, 0.2) is 0 Å². The molecule has 0 amide bonds. The van der Waals surface area contributed by atoms with E-state index in [0.717, 1.165) is 22.7 Å². The summed E-state index contributed by atoms with van der Waals surface area (Å²) in [6.45, 7) is 3.60. The number of benzene rings is 1. The minimum atomic E-state index is -0.464. The smallest absolute Gasteiger partial charge is 0.134 e. The average molecular weight is 263 g/mol. The van der Waals surface area contributed by atoms with Crippen LogP contribution >= 0.6 is 11.6 Å². The van der Waals surface area contributed by atoms with Gasteiger partial charge >= 0.3 is 0 Å². The molecular weight excluding hydrogens is 248 g/mol. The predicted molar refractivity (Wildman–Crippen MR) is 74.5 cm³/mol. The maximum absolute atomic E-state index is 9.41. The Hall–Kier alpha value is -1.51. The van der Waals surface area contributed by atoms with Crippen LogP contribution in [0.4, 0.5) is 0 Å². The molecule has 0 saturated heterocycles. The number of rotatable bonds is 3. The zero-order valence-electron chi connectivity index (χ0n) is 10.4. The zero-order chi connectivity index (χ0) is 13.1. The molecule has 0 radical (unpaired) electrons. The highest BCUT2D eigenvalue weighted by molar-refractivity contribution is 6.30. The molecule has 2 nitrogen and oxygen atoms in total. The molecule has 1 aromatic heterocycles. The summed E-state index contributed by atoms with van der Waals surface area (Å²) in [7, 11) is 0. The van der Waals surface area contributed by atoms with Crippen LogP contribution in [0.2, 0.25) is 5.02 Å². The van der Waals surface area contributed by atoms with E-state index in [9.17, 15) is 5.11 Å². The first-order valence-electron chi connectivity index (χ1n) is 5.78. The summed E-state index contributed by atoms with van der Waals surface area (Å²) in [6.07, 6.45) is 1.37. The summed E-state index contributed by atoms with van der Waals surface area (Å²) in [5.41, 5.74) is 1.85. The largest absolute Gasteiger partial charge is 0.457 e. The fourth-order valence-corrected chi connectivity index (χ4v) is 1.67. The van der Waals surface area contributed by atoms with Crippen LogP contribution in [-0.4, -0.2) is 11.2 Å². The minimum Gasteiger partial charge on any atom is -0.457 e. The molecule has 0 bridgehead atoms. The highest BCUT2D eigenvalue weighted by Crippen LogP contribution is 2.25. The number of hydrogen-bond donors (Lipinski definition) is 1. The first-order chi connectivity index (χ1) is 8.56. The molecule has 0 aliphatic carbocycles. The third-order valence-corrected chi connectivity index (χ3v) is 3.04. The Labute approximate surface area is 112 Å². The first kappa shape index (κ1) is 12.9. The Morgan fingerprint density at radius 1 is 1.22 bits per heavy atom. The van der Waals surface area contributed by atoms with E-state index in [1.807, 2.05) is 49.4 Å². The van der Waals surface area contributed by atoms with E-state index in [-0.39, 0.29) is 0 Å². The Morgan fingerprint density at radius 3 is 2.50 bits per heavy atom. The van der Waals surface area contributed by atoms with Crippen molar-refractivity contribution in [3.63, 3.8) is 0 Å².